The van der Waals surface area contributed by atoms with E-state index in [0.29, 0.717) is 18.9 Å². The maximum absolute atomic E-state index is 12.4. The van der Waals surface area contributed by atoms with Crippen LogP contribution in [0.5, 0.6) is 0 Å². The van der Waals surface area contributed by atoms with Crippen LogP contribution in [0.2, 0.25) is 0 Å². The van der Waals surface area contributed by atoms with Crippen molar-refractivity contribution >= 4 is 21.4 Å². The highest BCUT2D eigenvalue weighted by atomic mass is 32.2. The number of nitro groups is 1. The Morgan fingerprint density at radius 2 is 2.00 bits per heavy atom. The maximum atomic E-state index is 12.4. The number of nitrogens with two attached hydrogens (primary N) is 1. The van der Waals surface area contributed by atoms with Crippen molar-refractivity contribution in [2.45, 2.75) is 25.2 Å². The second-order valence-electron chi connectivity index (χ2n) is 4.99. The van der Waals surface area contributed by atoms with E-state index in [1.54, 1.807) is 0 Å². The topological polar surface area (TPSA) is 107 Å². The maximum Gasteiger partial charge on any atom is 0.270 e. The first-order chi connectivity index (χ1) is 9.16. The van der Waals surface area contributed by atoms with Crippen LogP contribution in [-0.2, 0) is 10.0 Å². The summed E-state index contributed by atoms with van der Waals surface area (Å²) in [6.45, 7) is 4.31. The highest BCUT2D eigenvalue weighted by molar-refractivity contribution is 7.89. The molecule has 0 saturated carbocycles. The largest absolute Gasteiger partial charge is 0.398 e. The molecule has 0 heterocycles. The molecule has 0 fully saturated rings. The van der Waals surface area contributed by atoms with Gasteiger partial charge in [-0.3, -0.25) is 10.1 Å². The first kappa shape index (κ1) is 16.4. The van der Waals surface area contributed by atoms with E-state index in [-0.39, 0.29) is 16.3 Å². The van der Waals surface area contributed by atoms with Gasteiger partial charge in [-0.15, -0.1) is 0 Å². The molecule has 1 aromatic rings. The fourth-order valence-corrected chi connectivity index (χ4v) is 2.91. The first-order valence-corrected chi connectivity index (χ1v) is 7.60. The molecule has 0 aliphatic carbocycles. The van der Waals surface area contributed by atoms with Crippen LogP contribution in [0.1, 0.15) is 20.3 Å². The fraction of sp³-hybridized carbons (Fsp3) is 0.500. The van der Waals surface area contributed by atoms with E-state index in [0.717, 1.165) is 6.07 Å². The van der Waals surface area contributed by atoms with E-state index in [9.17, 15) is 18.5 Å². The van der Waals surface area contributed by atoms with Crippen LogP contribution in [0.4, 0.5) is 11.4 Å². The SMILES string of the molecule is CC(C)CCN(C)S(=O)(=O)c1cc([N+](=O)[O-])ccc1N. The van der Waals surface area contributed by atoms with Crippen LogP contribution < -0.4 is 5.73 Å². The number of anilines is 1. The number of non-ortho nitro benzene ring substituents is 1. The highest BCUT2D eigenvalue weighted by Crippen LogP contribution is 2.26. The van der Waals surface area contributed by atoms with Crippen molar-refractivity contribution in [3.63, 3.8) is 0 Å². The number of benzene rings is 1. The molecule has 0 aliphatic rings. The molecular weight excluding hydrogens is 282 g/mol. The van der Waals surface area contributed by atoms with Gasteiger partial charge in [0.15, 0.2) is 0 Å². The molecule has 20 heavy (non-hydrogen) atoms. The van der Waals surface area contributed by atoms with Gasteiger partial charge in [0.05, 0.1) is 10.6 Å². The molecule has 0 radical (unpaired) electrons. The predicted octanol–water partition coefficient (Wildman–Crippen LogP) is 1.84. The van der Waals surface area contributed by atoms with E-state index in [1.807, 2.05) is 13.8 Å². The van der Waals surface area contributed by atoms with Gasteiger partial charge in [0.25, 0.3) is 5.69 Å². The van der Waals surface area contributed by atoms with Crippen molar-refractivity contribution in [1.82, 2.24) is 4.31 Å². The molecule has 0 atom stereocenters. The van der Waals surface area contributed by atoms with Gasteiger partial charge in [-0.25, -0.2) is 12.7 Å². The lowest BCUT2D eigenvalue weighted by molar-refractivity contribution is -0.385. The van der Waals surface area contributed by atoms with Crippen molar-refractivity contribution in [2.75, 3.05) is 19.3 Å². The zero-order valence-electron chi connectivity index (χ0n) is 11.7. The fourth-order valence-electron chi connectivity index (χ4n) is 1.59. The molecular formula is C12H19N3O4S. The number of hydrogen-bond acceptors (Lipinski definition) is 5. The zero-order valence-corrected chi connectivity index (χ0v) is 12.6. The lowest BCUT2D eigenvalue weighted by atomic mass is 10.1. The molecule has 1 rings (SSSR count). The van der Waals surface area contributed by atoms with Crippen molar-refractivity contribution in [1.29, 1.82) is 0 Å². The Morgan fingerprint density at radius 3 is 2.50 bits per heavy atom. The van der Waals surface area contributed by atoms with Gasteiger partial charge in [-0.2, -0.15) is 0 Å². The third-order valence-electron chi connectivity index (χ3n) is 2.92. The van der Waals surface area contributed by atoms with Gasteiger partial charge < -0.3 is 5.73 Å². The van der Waals surface area contributed by atoms with Crippen LogP contribution in [0, 0.1) is 16.0 Å². The van der Waals surface area contributed by atoms with Crippen LogP contribution in [0.3, 0.4) is 0 Å². The summed E-state index contributed by atoms with van der Waals surface area (Å²) in [4.78, 5) is 9.86. The summed E-state index contributed by atoms with van der Waals surface area (Å²) in [5, 5.41) is 10.7. The van der Waals surface area contributed by atoms with Gasteiger partial charge in [-0.05, 0) is 18.4 Å². The second-order valence-corrected chi connectivity index (χ2v) is 7.00. The van der Waals surface area contributed by atoms with Gasteiger partial charge in [0.2, 0.25) is 10.0 Å². The number of hydrogen-bond donors (Lipinski definition) is 1. The molecule has 0 aliphatic heterocycles. The second kappa shape index (κ2) is 6.19. The molecule has 8 heteroatoms. The average Bonchev–Trinajstić information content (AvgIpc) is 2.35. The van der Waals surface area contributed by atoms with Crippen LogP contribution >= 0.6 is 0 Å². The average molecular weight is 301 g/mol. The summed E-state index contributed by atoms with van der Waals surface area (Å²) in [5.41, 5.74) is 5.35. The minimum absolute atomic E-state index is 0.00648. The number of nitrogens with zero attached hydrogens (tertiary/aromatic N) is 2. The van der Waals surface area contributed by atoms with Crippen LogP contribution in [-0.4, -0.2) is 31.2 Å². The van der Waals surface area contributed by atoms with Crippen molar-refractivity contribution in [3.05, 3.63) is 28.3 Å². The molecule has 0 bridgehead atoms. The van der Waals surface area contributed by atoms with Crippen molar-refractivity contribution in [2.24, 2.45) is 5.92 Å². The third-order valence-corrected chi connectivity index (χ3v) is 4.83. The minimum Gasteiger partial charge on any atom is -0.398 e. The third kappa shape index (κ3) is 3.67. The molecule has 7 nitrogen and oxygen atoms in total. The monoisotopic (exact) mass is 301 g/mol. The molecule has 0 spiro atoms. The Labute approximate surface area is 118 Å². The molecule has 1 aromatic carbocycles. The number of rotatable bonds is 6. The Bertz CT molecular complexity index is 599. The lowest BCUT2D eigenvalue weighted by Gasteiger charge is -2.19. The van der Waals surface area contributed by atoms with E-state index >= 15 is 0 Å². The zero-order chi connectivity index (χ0) is 15.5. The van der Waals surface area contributed by atoms with Crippen LogP contribution in [0.15, 0.2) is 23.1 Å². The summed E-state index contributed by atoms with van der Waals surface area (Å²) in [5.74, 6) is 0.357. The standard InChI is InChI=1S/C12H19N3O4S/c1-9(2)6-7-14(3)20(18,19)12-8-10(15(16)17)4-5-11(12)13/h4-5,8-9H,6-7,13H2,1-3H3. The van der Waals surface area contributed by atoms with Gasteiger partial charge in [-0.1, -0.05) is 13.8 Å². The number of sulfonamides is 1. The predicted molar refractivity (Wildman–Crippen MR) is 76.8 cm³/mol. The molecule has 0 aromatic heterocycles. The Hall–Kier alpha value is -1.67. The Kier molecular flexibility index (Phi) is 5.07. The van der Waals surface area contributed by atoms with E-state index in [4.69, 9.17) is 5.73 Å². The van der Waals surface area contributed by atoms with E-state index < -0.39 is 14.9 Å². The quantitative estimate of drug-likeness (QED) is 0.490. The minimum atomic E-state index is -3.82. The normalized spacial score (nSPS) is 12.1. The summed E-state index contributed by atoms with van der Waals surface area (Å²) >= 11 is 0. The molecule has 0 amide bonds. The number of nitro benzene ring substituents is 1. The molecule has 0 unspecified atom stereocenters. The molecule has 2 N–H and O–H groups in total. The lowest BCUT2D eigenvalue weighted by Crippen LogP contribution is -2.29. The van der Waals surface area contributed by atoms with Gasteiger partial charge in [0, 0.05) is 25.7 Å². The molecule has 0 saturated heterocycles. The summed E-state index contributed by atoms with van der Waals surface area (Å²) in [6, 6.07) is 3.42. The Morgan fingerprint density at radius 1 is 1.40 bits per heavy atom. The first-order valence-electron chi connectivity index (χ1n) is 6.16. The van der Waals surface area contributed by atoms with E-state index in [2.05, 4.69) is 0 Å². The van der Waals surface area contributed by atoms with Crippen LogP contribution in [0.25, 0.3) is 0 Å². The van der Waals surface area contributed by atoms with Crippen molar-refractivity contribution < 1.29 is 13.3 Å². The smallest absolute Gasteiger partial charge is 0.270 e. The Balaban J connectivity index is 3.14. The molecule has 112 valence electrons. The number of nitrogen functional groups attached to an aromatic ring is 1. The van der Waals surface area contributed by atoms with Gasteiger partial charge >= 0.3 is 0 Å². The van der Waals surface area contributed by atoms with E-state index in [1.165, 1.54) is 23.5 Å². The summed E-state index contributed by atoms with van der Waals surface area (Å²) < 4.78 is 25.9. The summed E-state index contributed by atoms with van der Waals surface area (Å²) in [7, 11) is -2.38. The van der Waals surface area contributed by atoms with Gasteiger partial charge in [0.1, 0.15) is 4.90 Å². The van der Waals surface area contributed by atoms with Crippen molar-refractivity contribution in [3.8, 4) is 0 Å². The highest BCUT2D eigenvalue weighted by Gasteiger charge is 2.25. The summed E-state index contributed by atoms with van der Waals surface area (Å²) in [6.07, 6.45) is 0.699.